The number of rotatable bonds is 7. The Kier molecular flexibility index (Phi) is 7.00. The molecule has 0 rings (SSSR count). The molecule has 3 nitrogen and oxygen atoms in total. The minimum Gasteiger partial charge on any atom is -0.377 e. The van der Waals surface area contributed by atoms with Crippen LogP contribution in [0, 0.1) is 0 Å². The topological polar surface area (TPSA) is 35.5 Å². The molecule has 0 aliphatic heterocycles. The first-order valence-corrected chi connectivity index (χ1v) is 4.39. The highest BCUT2D eigenvalue weighted by atomic mass is 16.5. The number of carbonyl (C=O) groups is 1. The first-order chi connectivity index (χ1) is 5.76. The van der Waals surface area contributed by atoms with Crippen LogP contribution in [-0.2, 0) is 14.3 Å². The number of methoxy groups -OCH3 is 1. The lowest BCUT2D eigenvalue weighted by molar-refractivity contribution is -0.134. The predicted molar refractivity (Wildman–Crippen MR) is 47.2 cm³/mol. The number of ketones is 1. The maximum absolute atomic E-state index is 11.3. The van der Waals surface area contributed by atoms with Gasteiger partial charge in [0, 0.05) is 13.7 Å². The minimum atomic E-state index is -0.264. The maximum atomic E-state index is 11.3. The van der Waals surface area contributed by atoms with Gasteiger partial charge in [0.2, 0.25) is 0 Å². The summed E-state index contributed by atoms with van der Waals surface area (Å²) >= 11 is 0. The summed E-state index contributed by atoms with van der Waals surface area (Å²) in [7, 11) is 1.52. The Morgan fingerprint density at radius 2 is 2.08 bits per heavy atom. The molecule has 0 aromatic heterocycles. The van der Waals surface area contributed by atoms with Crippen LogP contribution in [0.5, 0.6) is 0 Å². The van der Waals surface area contributed by atoms with Crippen molar-refractivity contribution < 1.29 is 14.3 Å². The Morgan fingerprint density at radius 3 is 2.50 bits per heavy atom. The van der Waals surface area contributed by atoms with Gasteiger partial charge in [-0.15, -0.1) is 0 Å². The quantitative estimate of drug-likeness (QED) is 0.585. The van der Waals surface area contributed by atoms with Gasteiger partial charge in [0.05, 0.1) is 0 Å². The molecule has 0 bridgehead atoms. The van der Waals surface area contributed by atoms with E-state index in [4.69, 9.17) is 9.47 Å². The van der Waals surface area contributed by atoms with Crippen LogP contribution in [0.3, 0.4) is 0 Å². The third-order valence-corrected chi connectivity index (χ3v) is 1.56. The van der Waals surface area contributed by atoms with Crippen LogP contribution in [0.25, 0.3) is 0 Å². The molecule has 12 heavy (non-hydrogen) atoms. The summed E-state index contributed by atoms with van der Waals surface area (Å²) in [5.74, 6) is 0.0428. The van der Waals surface area contributed by atoms with E-state index in [0.717, 1.165) is 12.8 Å². The summed E-state index contributed by atoms with van der Waals surface area (Å²) < 4.78 is 10.0. The SMILES string of the molecule is CCCC(OCC)C(=O)COC. The van der Waals surface area contributed by atoms with Gasteiger partial charge in [-0.1, -0.05) is 13.3 Å². The van der Waals surface area contributed by atoms with Gasteiger partial charge in [-0.3, -0.25) is 4.79 Å². The van der Waals surface area contributed by atoms with Crippen LogP contribution in [0.15, 0.2) is 0 Å². The average molecular weight is 174 g/mol. The van der Waals surface area contributed by atoms with E-state index in [1.165, 1.54) is 7.11 Å². The van der Waals surface area contributed by atoms with Crippen LogP contribution in [0.4, 0.5) is 0 Å². The smallest absolute Gasteiger partial charge is 0.187 e. The molecular formula is C9H18O3. The summed E-state index contributed by atoms with van der Waals surface area (Å²) in [6.07, 6.45) is 1.48. The minimum absolute atomic E-state index is 0.0428. The molecule has 0 spiro atoms. The van der Waals surface area contributed by atoms with E-state index in [1.807, 2.05) is 13.8 Å². The zero-order chi connectivity index (χ0) is 9.40. The molecule has 0 N–H and O–H groups in total. The molecule has 0 amide bonds. The van der Waals surface area contributed by atoms with Gasteiger partial charge >= 0.3 is 0 Å². The molecule has 0 saturated heterocycles. The zero-order valence-electron chi connectivity index (χ0n) is 8.13. The Hall–Kier alpha value is -0.410. The first kappa shape index (κ1) is 11.6. The number of carbonyl (C=O) groups excluding carboxylic acids is 1. The normalized spacial score (nSPS) is 12.9. The van der Waals surface area contributed by atoms with E-state index in [0.29, 0.717) is 6.61 Å². The molecule has 0 aromatic carbocycles. The van der Waals surface area contributed by atoms with Crippen LogP contribution in [0.1, 0.15) is 26.7 Å². The van der Waals surface area contributed by atoms with Crippen molar-refractivity contribution in [2.45, 2.75) is 32.8 Å². The second-order valence-corrected chi connectivity index (χ2v) is 2.63. The van der Waals surface area contributed by atoms with Crippen molar-refractivity contribution >= 4 is 5.78 Å². The molecule has 0 aromatic rings. The lowest BCUT2D eigenvalue weighted by atomic mass is 10.1. The molecule has 0 heterocycles. The molecule has 0 saturated carbocycles. The van der Waals surface area contributed by atoms with Crippen molar-refractivity contribution in [1.29, 1.82) is 0 Å². The van der Waals surface area contributed by atoms with Crippen LogP contribution in [0.2, 0.25) is 0 Å². The van der Waals surface area contributed by atoms with E-state index in [1.54, 1.807) is 0 Å². The predicted octanol–water partition coefficient (Wildman–Crippen LogP) is 1.41. The van der Waals surface area contributed by atoms with Crippen molar-refractivity contribution in [3.8, 4) is 0 Å². The van der Waals surface area contributed by atoms with E-state index < -0.39 is 0 Å². The van der Waals surface area contributed by atoms with Crippen LogP contribution >= 0.6 is 0 Å². The van der Waals surface area contributed by atoms with Crippen molar-refractivity contribution in [2.24, 2.45) is 0 Å². The van der Waals surface area contributed by atoms with Crippen molar-refractivity contribution in [3.63, 3.8) is 0 Å². The van der Waals surface area contributed by atoms with Crippen LogP contribution in [-0.4, -0.2) is 32.2 Å². The molecule has 1 unspecified atom stereocenters. The van der Waals surface area contributed by atoms with E-state index in [9.17, 15) is 4.79 Å². The summed E-state index contributed by atoms with van der Waals surface area (Å²) in [6, 6.07) is 0. The first-order valence-electron chi connectivity index (χ1n) is 4.39. The van der Waals surface area contributed by atoms with Crippen molar-refractivity contribution in [2.75, 3.05) is 20.3 Å². The number of hydrogen-bond acceptors (Lipinski definition) is 3. The third-order valence-electron chi connectivity index (χ3n) is 1.56. The highest BCUT2D eigenvalue weighted by Gasteiger charge is 2.16. The van der Waals surface area contributed by atoms with E-state index >= 15 is 0 Å². The van der Waals surface area contributed by atoms with E-state index in [-0.39, 0.29) is 18.5 Å². The van der Waals surface area contributed by atoms with Gasteiger partial charge in [-0.2, -0.15) is 0 Å². The lowest BCUT2D eigenvalue weighted by Gasteiger charge is -2.13. The molecule has 3 heteroatoms. The fraction of sp³-hybridized carbons (Fsp3) is 0.889. The summed E-state index contributed by atoms with van der Waals surface area (Å²) in [5, 5.41) is 0. The van der Waals surface area contributed by atoms with Gasteiger partial charge in [0.25, 0.3) is 0 Å². The summed E-state index contributed by atoms with van der Waals surface area (Å²) in [4.78, 5) is 11.3. The molecule has 0 radical (unpaired) electrons. The Balaban J connectivity index is 3.81. The van der Waals surface area contributed by atoms with Gasteiger partial charge in [-0.25, -0.2) is 0 Å². The molecular weight excluding hydrogens is 156 g/mol. The summed E-state index contributed by atoms with van der Waals surface area (Å²) in [6.45, 7) is 4.67. The third kappa shape index (κ3) is 4.46. The standard InChI is InChI=1S/C9H18O3/c1-4-6-9(12-5-2)8(10)7-11-3/h9H,4-7H2,1-3H3. The largest absolute Gasteiger partial charge is 0.377 e. The molecule has 1 atom stereocenters. The average Bonchev–Trinajstić information content (AvgIpc) is 2.04. The monoisotopic (exact) mass is 174 g/mol. The second kappa shape index (κ2) is 7.25. The Bertz CT molecular complexity index is 117. The zero-order valence-corrected chi connectivity index (χ0v) is 8.13. The van der Waals surface area contributed by atoms with Crippen molar-refractivity contribution in [3.05, 3.63) is 0 Å². The molecule has 0 aliphatic rings. The highest BCUT2D eigenvalue weighted by Crippen LogP contribution is 2.03. The number of Topliss-reactive ketones (excluding diaryl/α,β-unsaturated/α-hetero) is 1. The van der Waals surface area contributed by atoms with Gasteiger partial charge in [-0.05, 0) is 13.3 Å². The van der Waals surface area contributed by atoms with Crippen molar-refractivity contribution in [1.82, 2.24) is 0 Å². The van der Waals surface area contributed by atoms with Gasteiger partial charge in [0.1, 0.15) is 12.7 Å². The second-order valence-electron chi connectivity index (χ2n) is 2.63. The Morgan fingerprint density at radius 1 is 1.42 bits per heavy atom. The van der Waals surface area contributed by atoms with Crippen LogP contribution < -0.4 is 0 Å². The lowest BCUT2D eigenvalue weighted by Crippen LogP contribution is -2.27. The molecule has 72 valence electrons. The Labute approximate surface area is 74.0 Å². The number of hydrogen-bond donors (Lipinski definition) is 0. The fourth-order valence-electron chi connectivity index (χ4n) is 1.04. The van der Waals surface area contributed by atoms with Gasteiger partial charge < -0.3 is 9.47 Å². The molecule has 0 aliphatic carbocycles. The number of ether oxygens (including phenoxy) is 2. The summed E-state index contributed by atoms with van der Waals surface area (Å²) in [5.41, 5.74) is 0. The fourth-order valence-corrected chi connectivity index (χ4v) is 1.04. The highest BCUT2D eigenvalue weighted by molar-refractivity contribution is 5.84. The maximum Gasteiger partial charge on any atom is 0.187 e. The van der Waals surface area contributed by atoms with E-state index in [2.05, 4.69) is 0 Å². The van der Waals surface area contributed by atoms with Gasteiger partial charge in [0.15, 0.2) is 5.78 Å². The molecule has 0 fully saturated rings.